The van der Waals surface area contributed by atoms with E-state index in [2.05, 4.69) is 38.0 Å². The highest BCUT2D eigenvalue weighted by Gasteiger charge is 2.09. The second kappa shape index (κ2) is 8.28. The molecular formula is C16H27FN2. The predicted molar refractivity (Wildman–Crippen MR) is 80.0 cm³/mol. The average molecular weight is 266 g/mol. The summed E-state index contributed by atoms with van der Waals surface area (Å²) in [6.07, 6.45) is 1.90. The van der Waals surface area contributed by atoms with Crippen LogP contribution in [0, 0.1) is 5.82 Å². The van der Waals surface area contributed by atoms with Crippen molar-refractivity contribution in [2.45, 2.75) is 45.7 Å². The molecule has 2 nitrogen and oxygen atoms in total. The van der Waals surface area contributed by atoms with E-state index in [1.807, 2.05) is 12.1 Å². The minimum atomic E-state index is -0.104. The molecule has 2 unspecified atom stereocenters. The Morgan fingerprint density at radius 2 is 1.95 bits per heavy atom. The number of benzene rings is 1. The van der Waals surface area contributed by atoms with E-state index in [9.17, 15) is 4.39 Å². The summed E-state index contributed by atoms with van der Waals surface area (Å²) in [5.74, 6) is -0.104. The summed E-state index contributed by atoms with van der Waals surface area (Å²) in [5.41, 5.74) is 0.790. The third kappa shape index (κ3) is 5.70. The van der Waals surface area contributed by atoms with Crippen LogP contribution in [0.15, 0.2) is 24.3 Å². The van der Waals surface area contributed by atoms with Gasteiger partial charge < -0.3 is 10.2 Å². The standard InChI is InChI=1S/C16H27FN2/c1-5-14(3)19(4)11-10-18-13(2)12-15-8-6-7-9-16(15)17/h6-9,13-14,18H,5,10-12H2,1-4H3. The first-order chi connectivity index (χ1) is 9.04. The Balaban J connectivity index is 2.29. The largest absolute Gasteiger partial charge is 0.313 e. The monoisotopic (exact) mass is 266 g/mol. The average Bonchev–Trinajstić information content (AvgIpc) is 2.40. The molecule has 0 radical (unpaired) electrons. The molecule has 0 amide bonds. The zero-order valence-corrected chi connectivity index (χ0v) is 12.6. The molecule has 0 fully saturated rings. The van der Waals surface area contributed by atoms with Gasteiger partial charge in [-0.1, -0.05) is 25.1 Å². The van der Waals surface area contributed by atoms with E-state index in [0.29, 0.717) is 12.1 Å². The summed E-state index contributed by atoms with van der Waals surface area (Å²) in [5, 5.41) is 3.46. The molecule has 2 atom stereocenters. The van der Waals surface area contributed by atoms with Crippen LogP contribution in [-0.4, -0.2) is 37.1 Å². The van der Waals surface area contributed by atoms with Gasteiger partial charge in [0.2, 0.25) is 0 Å². The van der Waals surface area contributed by atoms with Gasteiger partial charge in [-0.15, -0.1) is 0 Å². The van der Waals surface area contributed by atoms with Gasteiger partial charge in [0.1, 0.15) is 5.82 Å². The van der Waals surface area contributed by atoms with Crippen LogP contribution >= 0.6 is 0 Å². The van der Waals surface area contributed by atoms with Crippen LogP contribution in [0.5, 0.6) is 0 Å². The van der Waals surface area contributed by atoms with Crippen molar-refractivity contribution in [2.75, 3.05) is 20.1 Å². The van der Waals surface area contributed by atoms with E-state index < -0.39 is 0 Å². The Bertz CT molecular complexity index is 368. The predicted octanol–water partition coefficient (Wildman–Crippen LogP) is 3.08. The van der Waals surface area contributed by atoms with Crippen molar-refractivity contribution in [2.24, 2.45) is 0 Å². The molecule has 0 saturated heterocycles. The topological polar surface area (TPSA) is 15.3 Å². The van der Waals surface area contributed by atoms with Crippen LogP contribution < -0.4 is 5.32 Å². The van der Waals surface area contributed by atoms with Gasteiger partial charge in [-0.25, -0.2) is 4.39 Å². The fraction of sp³-hybridized carbons (Fsp3) is 0.625. The fourth-order valence-corrected chi connectivity index (χ4v) is 2.09. The highest BCUT2D eigenvalue weighted by molar-refractivity contribution is 5.18. The summed E-state index contributed by atoms with van der Waals surface area (Å²) in [7, 11) is 2.15. The van der Waals surface area contributed by atoms with Crippen LogP contribution in [0.4, 0.5) is 4.39 Å². The van der Waals surface area contributed by atoms with Gasteiger partial charge in [0.05, 0.1) is 0 Å². The van der Waals surface area contributed by atoms with E-state index in [1.54, 1.807) is 6.07 Å². The lowest BCUT2D eigenvalue weighted by Gasteiger charge is -2.24. The van der Waals surface area contributed by atoms with Crippen molar-refractivity contribution in [1.29, 1.82) is 0 Å². The molecule has 1 aromatic carbocycles. The van der Waals surface area contributed by atoms with Crippen molar-refractivity contribution in [3.05, 3.63) is 35.6 Å². The number of nitrogens with one attached hydrogen (secondary N) is 1. The Hall–Kier alpha value is -0.930. The Morgan fingerprint density at radius 1 is 1.26 bits per heavy atom. The first-order valence-corrected chi connectivity index (χ1v) is 7.21. The molecule has 0 aromatic heterocycles. The zero-order chi connectivity index (χ0) is 14.3. The number of hydrogen-bond acceptors (Lipinski definition) is 2. The highest BCUT2D eigenvalue weighted by atomic mass is 19.1. The second-order valence-corrected chi connectivity index (χ2v) is 5.39. The molecule has 1 aromatic rings. The van der Waals surface area contributed by atoms with Gasteiger partial charge in [0, 0.05) is 25.2 Å². The molecule has 0 aliphatic rings. The molecule has 1 N–H and O–H groups in total. The van der Waals surface area contributed by atoms with Crippen molar-refractivity contribution in [1.82, 2.24) is 10.2 Å². The third-order valence-corrected chi connectivity index (χ3v) is 3.78. The van der Waals surface area contributed by atoms with Gasteiger partial charge in [0.25, 0.3) is 0 Å². The SMILES string of the molecule is CCC(C)N(C)CCNC(C)Cc1ccccc1F. The van der Waals surface area contributed by atoms with Crippen molar-refractivity contribution < 1.29 is 4.39 Å². The Morgan fingerprint density at radius 3 is 2.58 bits per heavy atom. The molecule has 0 aliphatic carbocycles. The van der Waals surface area contributed by atoms with Crippen LogP contribution in [0.3, 0.4) is 0 Å². The van der Waals surface area contributed by atoms with E-state index >= 15 is 0 Å². The molecule has 108 valence electrons. The number of nitrogens with zero attached hydrogens (tertiary/aromatic N) is 1. The molecule has 1 rings (SSSR count). The Labute approximate surface area is 117 Å². The minimum Gasteiger partial charge on any atom is -0.313 e. The summed E-state index contributed by atoms with van der Waals surface area (Å²) >= 11 is 0. The lowest BCUT2D eigenvalue weighted by Crippen LogP contribution is -2.38. The molecule has 0 heterocycles. The van der Waals surface area contributed by atoms with Crippen LogP contribution in [-0.2, 0) is 6.42 Å². The summed E-state index contributed by atoms with van der Waals surface area (Å²) in [6, 6.07) is 7.92. The molecule has 0 bridgehead atoms. The van der Waals surface area contributed by atoms with E-state index in [4.69, 9.17) is 0 Å². The van der Waals surface area contributed by atoms with E-state index in [0.717, 1.165) is 25.1 Å². The quantitative estimate of drug-likeness (QED) is 0.778. The van der Waals surface area contributed by atoms with Crippen molar-refractivity contribution in [3.8, 4) is 0 Å². The molecule has 0 aliphatic heterocycles. The molecular weight excluding hydrogens is 239 g/mol. The van der Waals surface area contributed by atoms with E-state index in [-0.39, 0.29) is 5.82 Å². The van der Waals surface area contributed by atoms with E-state index in [1.165, 1.54) is 12.5 Å². The lowest BCUT2D eigenvalue weighted by molar-refractivity contribution is 0.249. The molecule has 0 saturated carbocycles. The van der Waals surface area contributed by atoms with Crippen LogP contribution in [0.1, 0.15) is 32.8 Å². The number of hydrogen-bond donors (Lipinski definition) is 1. The first-order valence-electron chi connectivity index (χ1n) is 7.21. The third-order valence-electron chi connectivity index (χ3n) is 3.78. The number of rotatable bonds is 8. The fourth-order valence-electron chi connectivity index (χ4n) is 2.09. The van der Waals surface area contributed by atoms with Crippen LogP contribution in [0.2, 0.25) is 0 Å². The maximum Gasteiger partial charge on any atom is 0.126 e. The van der Waals surface area contributed by atoms with Gasteiger partial charge in [-0.3, -0.25) is 0 Å². The van der Waals surface area contributed by atoms with Crippen molar-refractivity contribution >= 4 is 0 Å². The van der Waals surface area contributed by atoms with Crippen LogP contribution in [0.25, 0.3) is 0 Å². The lowest BCUT2D eigenvalue weighted by atomic mass is 10.1. The molecule has 3 heteroatoms. The second-order valence-electron chi connectivity index (χ2n) is 5.39. The maximum absolute atomic E-state index is 13.5. The molecule has 0 spiro atoms. The number of halogens is 1. The summed E-state index contributed by atoms with van der Waals surface area (Å²) < 4.78 is 13.5. The molecule has 19 heavy (non-hydrogen) atoms. The van der Waals surface area contributed by atoms with Gasteiger partial charge in [-0.05, 0) is 45.4 Å². The number of likely N-dealkylation sites (N-methyl/N-ethyl adjacent to an activating group) is 1. The van der Waals surface area contributed by atoms with Gasteiger partial charge in [-0.2, -0.15) is 0 Å². The van der Waals surface area contributed by atoms with Crippen molar-refractivity contribution in [3.63, 3.8) is 0 Å². The highest BCUT2D eigenvalue weighted by Crippen LogP contribution is 2.08. The summed E-state index contributed by atoms with van der Waals surface area (Å²) in [4.78, 5) is 2.35. The minimum absolute atomic E-state index is 0.104. The zero-order valence-electron chi connectivity index (χ0n) is 12.6. The normalized spacial score (nSPS) is 14.6. The first kappa shape index (κ1) is 16.1. The Kier molecular flexibility index (Phi) is 7.03. The smallest absolute Gasteiger partial charge is 0.126 e. The van der Waals surface area contributed by atoms with Gasteiger partial charge in [0.15, 0.2) is 0 Å². The summed E-state index contributed by atoms with van der Waals surface area (Å²) in [6.45, 7) is 8.51. The maximum atomic E-state index is 13.5. The van der Waals surface area contributed by atoms with Gasteiger partial charge >= 0.3 is 0 Å².